The second-order valence-electron chi connectivity index (χ2n) is 5.86. The van der Waals surface area contributed by atoms with Crippen LogP contribution in [0.25, 0.3) is 0 Å². The van der Waals surface area contributed by atoms with E-state index in [-0.39, 0.29) is 5.56 Å². The zero-order valence-electron chi connectivity index (χ0n) is 11.6. The highest BCUT2D eigenvalue weighted by molar-refractivity contribution is 5.88. The van der Waals surface area contributed by atoms with E-state index < -0.39 is 5.97 Å². The first-order chi connectivity index (χ1) is 8.95. The van der Waals surface area contributed by atoms with Gasteiger partial charge in [-0.25, -0.2) is 4.79 Å². The van der Waals surface area contributed by atoms with Gasteiger partial charge in [-0.15, -0.1) is 0 Å². The maximum Gasteiger partial charge on any atom is 0.335 e. The maximum atomic E-state index is 10.9. The number of rotatable bonds is 3. The standard InChI is InChI=1S/C15H22N2O2/c1-10-5-11(2)8-17(7-10)9-13-4-3-12(15(18)19)6-14(13)16/h3-4,6,10-11H,5,7-9,16H2,1-2H3,(H,18,19). The third-order valence-electron chi connectivity index (χ3n) is 3.73. The molecule has 2 atom stereocenters. The predicted molar refractivity (Wildman–Crippen MR) is 76.0 cm³/mol. The molecule has 1 fully saturated rings. The summed E-state index contributed by atoms with van der Waals surface area (Å²) >= 11 is 0. The van der Waals surface area contributed by atoms with Crippen LogP contribution in [0.4, 0.5) is 5.69 Å². The molecule has 1 aliphatic rings. The lowest BCUT2D eigenvalue weighted by molar-refractivity contribution is 0.0697. The molecule has 19 heavy (non-hydrogen) atoms. The van der Waals surface area contributed by atoms with Crippen LogP contribution in [-0.2, 0) is 6.54 Å². The Kier molecular flexibility index (Phi) is 4.10. The van der Waals surface area contributed by atoms with E-state index in [1.807, 2.05) is 6.07 Å². The summed E-state index contributed by atoms with van der Waals surface area (Å²) in [7, 11) is 0. The largest absolute Gasteiger partial charge is 0.478 e. The van der Waals surface area contributed by atoms with E-state index in [2.05, 4.69) is 18.7 Å². The highest BCUT2D eigenvalue weighted by atomic mass is 16.4. The summed E-state index contributed by atoms with van der Waals surface area (Å²) < 4.78 is 0. The Morgan fingerprint density at radius 3 is 2.53 bits per heavy atom. The van der Waals surface area contributed by atoms with Gasteiger partial charge in [-0.2, -0.15) is 0 Å². The molecule has 0 aliphatic carbocycles. The van der Waals surface area contributed by atoms with Crippen molar-refractivity contribution in [3.05, 3.63) is 29.3 Å². The highest BCUT2D eigenvalue weighted by Crippen LogP contribution is 2.24. The van der Waals surface area contributed by atoms with Crippen molar-refractivity contribution in [1.29, 1.82) is 0 Å². The molecule has 4 heteroatoms. The quantitative estimate of drug-likeness (QED) is 0.821. The van der Waals surface area contributed by atoms with Gasteiger partial charge in [0.05, 0.1) is 5.56 Å². The average Bonchev–Trinajstić information content (AvgIpc) is 2.30. The molecule has 1 saturated heterocycles. The van der Waals surface area contributed by atoms with E-state index in [1.54, 1.807) is 12.1 Å². The fourth-order valence-corrected chi connectivity index (χ4v) is 3.03. The van der Waals surface area contributed by atoms with Gasteiger partial charge in [0.2, 0.25) is 0 Å². The lowest BCUT2D eigenvalue weighted by Gasteiger charge is -2.35. The van der Waals surface area contributed by atoms with Crippen molar-refractivity contribution in [2.75, 3.05) is 18.8 Å². The van der Waals surface area contributed by atoms with Crippen molar-refractivity contribution >= 4 is 11.7 Å². The molecule has 2 unspecified atom stereocenters. The van der Waals surface area contributed by atoms with Gasteiger partial charge in [-0.05, 0) is 36.0 Å². The van der Waals surface area contributed by atoms with Gasteiger partial charge in [0.1, 0.15) is 0 Å². The summed E-state index contributed by atoms with van der Waals surface area (Å²) in [4.78, 5) is 13.3. The predicted octanol–water partition coefficient (Wildman–Crippen LogP) is 2.44. The maximum absolute atomic E-state index is 10.9. The number of hydrogen-bond donors (Lipinski definition) is 2. The van der Waals surface area contributed by atoms with Gasteiger partial charge in [0.15, 0.2) is 0 Å². The number of anilines is 1. The number of carbonyl (C=O) groups is 1. The molecule has 0 amide bonds. The Morgan fingerprint density at radius 2 is 2.00 bits per heavy atom. The Morgan fingerprint density at radius 1 is 1.37 bits per heavy atom. The molecule has 2 rings (SSSR count). The van der Waals surface area contributed by atoms with Gasteiger partial charge in [-0.1, -0.05) is 19.9 Å². The van der Waals surface area contributed by atoms with Crippen LogP contribution in [0, 0.1) is 11.8 Å². The van der Waals surface area contributed by atoms with Crippen LogP contribution in [-0.4, -0.2) is 29.1 Å². The summed E-state index contributed by atoms with van der Waals surface area (Å²) in [6, 6.07) is 5.02. The van der Waals surface area contributed by atoms with Gasteiger partial charge in [-0.3, -0.25) is 4.90 Å². The van der Waals surface area contributed by atoms with Crippen molar-refractivity contribution in [3.63, 3.8) is 0 Å². The summed E-state index contributed by atoms with van der Waals surface area (Å²) in [5, 5.41) is 8.93. The smallest absolute Gasteiger partial charge is 0.335 e. The Labute approximate surface area is 114 Å². The van der Waals surface area contributed by atoms with Gasteiger partial charge >= 0.3 is 5.97 Å². The number of carboxylic acid groups (broad SMARTS) is 1. The molecule has 1 aromatic rings. The molecular weight excluding hydrogens is 240 g/mol. The summed E-state index contributed by atoms with van der Waals surface area (Å²) in [5.41, 5.74) is 7.80. The second-order valence-corrected chi connectivity index (χ2v) is 5.86. The molecule has 0 radical (unpaired) electrons. The van der Waals surface area contributed by atoms with Gasteiger partial charge in [0, 0.05) is 25.3 Å². The van der Waals surface area contributed by atoms with E-state index in [0.29, 0.717) is 17.5 Å². The molecule has 1 aromatic carbocycles. The van der Waals surface area contributed by atoms with Crippen molar-refractivity contribution in [1.82, 2.24) is 4.90 Å². The minimum absolute atomic E-state index is 0.252. The zero-order valence-corrected chi connectivity index (χ0v) is 11.6. The van der Waals surface area contributed by atoms with E-state index in [1.165, 1.54) is 6.42 Å². The van der Waals surface area contributed by atoms with E-state index >= 15 is 0 Å². The van der Waals surface area contributed by atoms with Crippen LogP contribution in [0.15, 0.2) is 18.2 Å². The van der Waals surface area contributed by atoms with E-state index in [4.69, 9.17) is 10.8 Å². The topological polar surface area (TPSA) is 66.6 Å². The molecule has 0 aromatic heterocycles. The number of carboxylic acids is 1. The minimum Gasteiger partial charge on any atom is -0.478 e. The third kappa shape index (κ3) is 3.47. The Hall–Kier alpha value is -1.55. The molecular formula is C15H22N2O2. The first-order valence-electron chi connectivity index (χ1n) is 6.79. The fraction of sp³-hybridized carbons (Fsp3) is 0.533. The van der Waals surface area contributed by atoms with Crippen molar-refractivity contribution < 1.29 is 9.90 Å². The minimum atomic E-state index is -0.932. The van der Waals surface area contributed by atoms with Gasteiger partial charge in [0.25, 0.3) is 0 Å². The summed E-state index contributed by atoms with van der Waals surface area (Å²) in [6.07, 6.45) is 1.28. The van der Waals surface area contributed by atoms with Crippen molar-refractivity contribution in [2.45, 2.75) is 26.8 Å². The van der Waals surface area contributed by atoms with Crippen molar-refractivity contribution in [3.8, 4) is 0 Å². The number of nitrogen functional groups attached to an aromatic ring is 1. The monoisotopic (exact) mass is 262 g/mol. The van der Waals surface area contributed by atoms with Crippen LogP contribution in [0.1, 0.15) is 36.2 Å². The Balaban J connectivity index is 2.08. The summed E-state index contributed by atoms with van der Waals surface area (Å²) in [6.45, 7) is 7.54. The van der Waals surface area contributed by atoms with Crippen LogP contribution in [0.2, 0.25) is 0 Å². The molecule has 0 spiro atoms. The Bertz CT molecular complexity index is 463. The molecule has 104 valence electrons. The van der Waals surface area contributed by atoms with Crippen LogP contribution in [0.3, 0.4) is 0 Å². The van der Waals surface area contributed by atoms with Gasteiger partial charge < -0.3 is 10.8 Å². The SMILES string of the molecule is CC1CC(C)CN(Cc2ccc(C(=O)O)cc2N)C1. The van der Waals surface area contributed by atoms with Crippen LogP contribution in [0.5, 0.6) is 0 Å². The fourth-order valence-electron chi connectivity index (χ4n) is 3.03. The van der Waals surface area contributed by atoms with Crippen molar-refractivity contribution in [2.24, 2.45) is 11.8 Å². The van der Waals surface area contributed by atoms with Crippen LogP contribution < -0.4 is 5.73 Å². The van der Waals surface area contributed by atoms with E-state index in [9.17, 15) is 4.79 Å². The molecule has 3 N–H and O–H groups in total. The number of aromatic carboxylic acids is 1. The molecule has 1 aliphatic heterocycles. The molecule has 4 nitrogen and oxygen atoms in total. The van der Waals surface area contributed by atoms with Crippen LogP contribution >= 0.6 is 0 Å². The number of hydrogen-bond acceptors (Lipinski definition) is 3. The first kappa shape index (κ1) is 13.9. The third-order valence-corrected chi connectivity index (χ3v) is 3.73. The first-order valence-corrected chi connectivity index (χ1v) is 6.79. The zero-order chi connectivity index (χ0) is 14.0. The normalized spacial score (nSPS) is 24.3. The second kappa shape index (κ2) is 5.61. The number of benzene rings is 1. The number of nitrogens with zero attached hydrogens (tertiary/aromatic N) is 1. The number of likely N-dealkylation sites (tertiary alicyclic amines) is 1. The number of piperidine rings is 1. The lowest BCUT2D eigenvalue weighted by atomic mass is 9.91. The molecule has 0 saturated carbocycles. The molecule has 0 bridgehead atoms. The summed E-state index contributed by atoms with van der Waals surface area (Å²) in [5.74, 6) is 0.491. The number of nitrogens with two attached hydrogens (primary N) is 1. The average molecular weight is 262 g/mol. The highest BCUT2D eigenvalue weighted by Gasteiger charge is 2.22. The van der Waals surface area contributed by atoms with E-state index in [0.717, 1.165) is 25.2 Å². The lowest BCUT2D eigenvalue weighted by Crippen LogP contribution is -2.38. The molecule has 1 heterocycles.